The zero-order chi connectivity index (χ0) is 17.1. The molecule has 0 saturated heterocycles. The van der Waals surface area contributed by atoms with Crippen molar-refractivity contribution in [3.05, 3.63) is 85.9 Å². The first kappa shape index (κ1) is 16.5. The zero-order valence-corrected chi connectivity index (χ0v) is 13.9. The van der Waals surface area contributed by atoms with Gasteiger partial charge in [0.05, 0.1) is 11.0 Å². The average molecular weight is 343 g/mol. The van der Waals surface area contributed by atoms with E-state index < -0.39 is 11.1 Å². The smallest absolute Gasteiger partial charge is 0.314 e. The minimum Gasteiger partial charge on any atom is -0.316 e. The van der Waals surface area contributed by atoms with Gasteiger partial charge in [-0.25, -0.2) is 0 Å². The molecule has 123 valence electrons. The number of fused-ring (bicyclic) bond motifs is 1. The molecule has 5 nitrogen and oxygen atoms in total. The van der Waals surface area contributed by atoms with E-state index >= 15 is 0 Å². The van der Waals surface area contributed by atoms with Gasteiger partial charge in [0.1, 0.15) is 0 Å². The highest BCUT2D eigenvalue weighted by atomic mass is 35.5. The fraction of sp³-hybridized carbons (Fsp3) is 0.167. The number of aromatic nitrogens is 2. The van der Waals surface area contributed by atoms with Crippen LogP contribution in [0, 0.1) is 6.54 Å². The van der Waals surface area contributed by atoms with Crippen molar-refractivity contribution in [2.24, 2.45) is 0 Å². The van der Waals surface area contributed by atoms with Gasteiger partial charge in [0.2, 0.25) is 0 Å². The third-order valence-corrected chi connectivity index (χ3v) is 4.06. The van der Waals surface area contributed by atoms with E-state index in [0.717, 1.165) is 12.1 Å². The number of nitrogens with zero attached hydrogens (tertiary/aromatic N) is 1. The van der Waals surface area contributed by atoms with Crippen molar-refractivity contribution in [2.75, 3.05) is 0 Å². The van der Waals surface area contributed by atoms with Gasteiger partial charge >= 0.3 is 11.1 Å². The molecular formula is C18H17ClN3O2. The zero-order valence-electron chi connectivity index (χ0n) is 13.2. The van der Waals surface area contributed by atoms with Crippen LogP contribution < -0.4 is 11.1 Å². The second-order valence-electron chi connectivity index (χ2n) is 5.54. The van der Waals surface area contributed by atoms with Crippen molar-refractivity contribution in [1.29, 1.82) is 0 Å². The molecular weight excluding hydrogens is 326 g/mol. The van der Waals surface area contributed by atoms with Crippen molar-refractivity contribution < 1.29 is 0 Å². The van der Waals surface area contributed by atoms with Crippen LogP contribution in [0.2, 0.25) is 5.02 Å². The topological polar surface area (TPSA) is 69.0 Å². The van der Waals surface area contributed by atoms with E-state index in [-0.39, 0.29) is 0 Å². The van der Waals surface area contributed by atoms with Crippen LogP contribution in [0.4, 0.5) is 0 Å². The predicted molar refractivity (Wildman–Crippen MR) is 95.9 cm³/mol. The van der Waals surface area contributed by atoms with E-state index in [0.29, 0.717) is 22.6 Å². The number of H-pyrrole nitrogens is 2. The number of hydrogen-bond acceptors (Lipinski definition) is 3. The number of halogens is 1. The summed E-state index contributed by atoms with van der Waals surface area (Å²) in [5.41, 5.74) is 1.81. The van der Waals surface area contributed by atoms with E-state index in [2.05, 4.69) is 27.0 Å². The lowest BCUT2D eigenvalue weighted by molar-refractivity contribution is 0.323. The van der Waals surface area contributed by atoms with Gasteiger partial charge < -0.3 is 9.97 Å². The fourth-order valence-electron chi connectivity index (χ4n) is 2.66. The molecule has 3 rings (SSSR count). The van der Waals surface area contributed by atoms with Gasteiger partial charge in [0, 0.05) is 24.7 Å². The van der Waals surface area contributed by atoms with Gasteiger partial charge in [0.25, 0.3) is 0 Å². The molecule has 0 fully saturated rings. The molecule has 2 N–H and O–H groups in total. The van der Waals surface area contributed by atoms with Gasteiger partial charge in [-0.2, -0.15) is 0 Å². The number of rotatable bonds is 5. The lowest BCUT2D eigenvalue weighted by Crippen LogP contribution is -2.29. The van der Waals surface area contributed by atoms with E-state index in [1.807, 2.05) is 31.7 Å². The Bertz CT molecular complexity index is 963. The van der Waals surface area contributed by atoms with Crippen molar-refractivity contribution in [3.63, 3.8) is 0 Å². The Kier molecular flexibility index (Phi) is 4.83. The predicted octanol–water partition coefficient (Wildman–Crippen LogP) is 3.05. The van der Waals surface area contributed by atoms with Gasteiger partial charge in [-0.05, 0) is 30.2 Å². The molecule has 24 heavy (non-hydrogen) atoms. The first-order chi connectivity index (χ1) is 11.6. The molecule has 0 aliphatic rings. The average Bonchev–Trinajstić information content (AvgIpc) is 2.57. The maximum Gasteiger partial charge on any atom is 0.314 e. The summed E-state index contributed by atoms with van der Waals surface area (Å²) < 4.78 is 0. The van der Waals surface area contributed by atoms with Crippen LogP contribution in [0.1, 0.15) is 18.1 Å². The standard InChI is InChI=1S/C18H17ClN3O2/c1-2-22(10-12-6-4-3-5-7-12)11-13-8-14(19)9-15-16(13)21-18(24)17(23)20-15/h2-9H,10-11H2,1H3,(H,20,23)(H,21,24). The third kappa shape index (κ3) is 3.58. The molecule has 0 aliphatic carbocycles. The minimum atomic E-state index is -0.682. The van der Waals surface area contributed by atoms with E-state index in [1.165, 1.54) is 5.56 Å². The molecule has 0 atom stereocenters. The van der Waals surface area contributed by atoms with Crippen LogP contribution in [0.3, 0.4) is 0 Å². The van der Waals surface area contributed by atoms with Crippen LogP contribution in [-0.4, -0.2) is 14.9 Å². The number of aromatic amines is 2. The second kappa shape index (κ2) is 7.03. The summed E-state index contributed by atoms with van der Waals surface area (Å²) in [5, 5.41) is 0.510. The van der Waals surface area contributed by atoms with Gasteiger partial charge in [0.15, 0.2) is 0 Å². The Morgan fingerprint density at radius 3 is 2.46 bits per heavy atom. The van der Waals surface area contributed by atoms with Crippen molar-refractivity contribution in [2.45, 2.75) is 20.0 Å². The normalized spacial score (nSPS) is 11.3. The number of benzene rings is 2. The van der Waals surface area contributed by atoms with Crippen LogP contribution in [0.15, 0.2) is 52.1 Å². The van der Waals surface area contributed by atoms with E-state index in [9.17, 15) is 9.59 Å². The van der Waals surface area contributed by atoms with Crippen LogP contribution in [-0.2, 0) is 13.1 Å². The highest BCUT2D eigenvalue weighted by molar-refractivity contribution is 6.31. The summed E-state index contributed by atoms with van der Waals surface area (Å²) >= 11 is 6.16. The molecule has 0 spiro atoms. The lowest BCUT2D eigenvalue weighted by Gasteiger charge is -2.21. The monoisotopic (exact) mass is 342 g/mol. The molecule has 1 radical (unpaired) electrons. The molecule has 0 amide bonds. The Morgan fingerprint density at radius 2 is 1.75 bits per heavy atom. The Morgan fingerprint density at radius 1 is 1.04 bits per heavy atom. The summed E-state index contributed by atoms with van der Waals surface area (Å²) in [6.07, 6.45) is 0. The number of hydrogen-bond donors (Lipinski definition) is 2. The molecule has 2 aromatic carbocycles. The SMILES string of the molecule is C[CH]N(Cc1ccccc1)Cc1cc(Cl)cc2[nH]c(=O)c(=O)[nH]c12. The van der Waals surface area contributed by atoms with Crippen LogP contribution >= 0.6 is 11.6 Å². The van der Waals surface area contributed by atoms with Crippen molar-refractivity contribution in [3.8, 4) is 0 Å². The number of nitrogens with one attached hydrogen (secondary N) is 2. The molecule has 0 aliphatic heterocycles. The van der Waals surface area contributed by atoms with E-state index in [1.54, 1.807) is 12.1 Å². The highest BCUT2D eigenvalue weighted by Crippen LogP contribution is 2.22. The van der Waals surface area contributed by atoms with Crippen LogP contribution in [0.5, 0.6) is 0 Å². The maximum absolute atomic E-state index is 11.7. The first-order valence-corrected chi connectivity index (χ1v) is 7.97. The molecule has 1 heterocycles. The quantitative estimate of drug-likeness (QED) is 0.700. The summed E-state index contributed by atoms with van der Waals surface area (Å²) in [6.45, 7) is 5.24. The van der Waals surface area contributed by atoms with Crippen molar-refractivity contribution >= 4 is 22.6 Å². The van der Waals surface area contributed by atoms with Crippen molar-refractivity contribution in [1.82, 2.24) is 14.9 Å². The largest absolute Gasteiger partial charge is 0.316 e. The minimum absolute atomic E-state index is 0.510. The van der Waals surface area contributed by atoms with Crippen LogP contribution in [0.25, 0.3) is 11.0 Å². The molecule has 0 bridgehead atoms. The Hall–Kier alpha value is -2.37. The molecule has 0 saturated carbocycles. The first-order valence-electron chi connectivity index (χ1n) is 7.59. The fourth-order valence-corrected chi connectivity index (χ4v) is 2.90. The molecule has 6 heteroatoms. The Labute approximate surface area is 143 Å². The second-order valence-corrected chi connectivity index (χ2v) is 5.98. The lowest BCUT2D eigenvalue weighted by atomic mass is 10.1. The maximum atomic E-state index is 11.7. The van der Waals surface area contributed by atoms with Gasteiger partial charge in [-0.3, -0.25) is 14.5 Å². The molecule has 3 aromatic rings. The molecule has 0 unspecified atom stereocenters. The summed E-state index contributed by atoms with van der Waals surface area (Å²) in [5.74, 6) is 0. The molecule has 1 aromatic heterocycles. The van der Waals surface area contributed by atoms with E-state index in [4.69, 9.17) is 11.6 Å². The summed E-state index contributed by atoms with van der Waals surface area (Å²) in [7, 11) is 0. The summed E-state index contributed by atoms with van der Waals surface area (Å²) in [4.78, 5) is 30.5. The summed E-state index contributed by atoms with van der Waals surface area (Å²) in [6, 6.07) is 13.5. The highest BCUT2D eigenvalue weighted by Gasteiger charge is 2.11. The third-order valence-electron chi connectivity index (χ3n) is 3.84. The Balaban J connectivity index is 1.97. The van der Waals surface area contributed by atoms with Gasteiger partial charge in [-0.1, -0.05) is 41.9 Å². The van der Waals surface area contributed by atoms with Gasteiger partial charge in [-0.15, -0.1) is 0 Å².